The third kappa shape index (κ3) is 5.79. The number of hydrogen-bond acceptors (Lipinski definition) is 4. The normalized spacial score (nSPS) is 11.2. The van der Waals surface area contributed by atoms with Gasteiger partial charge in [-0.25, -0.2) is 12.8 Å². The standard InChI is InChI=1S/C22H22FN3O4S/c1-14-11-15(2)25-22(28)20(14)13-24-21(27)12-16-3-7-18(8-4-16)26-31(29,30)19-9-5-17(23)6-10-19/h3-11,26H,12-13H2,1-2H3,(H,24,27)(H,25,28). The van der Waals surface area contributed by atoms with E-state index in [1.807, 2.05) is 13.0 Å². The Morgan fingerprint density at radius 2 is 1.68 bits per heavy atom. The molecule has 0 spiro atoms. The van der Waals surface area contributed by atoms with Crippen LogP contribution in [0.5, 0.6) is 0 Å². The summed E-state index contributed by atoms with van der Waals surface area (Å²) < 4.78 is 40.1. The molecule has 1 heterocycles. The highest BCUT2D eigenvalue weighted by Crippen LogP contribution is 2.17. The lowest BCUT2D eigenvalue weighted by atomic mass is 10.1. The highest BCUT2D eigenvalue weighted by molar-refractivity contribution is 7.92. The highest BCUT2D eigenvalue weighted by atomic mass is 32.2. The topological polar surface area (TPSA) is 108 Å². The first-order valence-electron chi connectivity index (χ1n) is 9.47. The molecule has 2 aromatic carbocycles. The predicted octanol–water partition coefficient (Wildman–Crippen LogP) is 2.79. The number of carbonyl (C=O) groups excluding carboxylic acids is 1. The summed E-state index contributed by atoms with van der Waals surface area (Å²) in [6.07, 6.45) is 0.0772. The van der Waals surface area contributed by atoms with Crippen LogP contribution in [-0.2, 0) is 27.8 Å². The van der Waals surface area contributed by atoms with Gasteiger partial charge in [-0.2, -0.15) is 0 Å². The average molecular weight is 444 g/mol. The molecule has 9 heteroatoms. The van der Waals surface area contributed by atoms with Crippen LogP contribution in [0.25, 0.3) is 0 Å². The number of aryl methyl sites for hydroxylation is 2. The minimum atomic E-state index is -3.85. The maximum Gasteiger partial charge on any atom is 0.261 e. The van der Waals surface area contributed by atoms with Gasteiger partial charge in [0.05, 0.1) is 11.3 Å². The van der Waals surface area contributed by atoms with Crippen LogP contribution in [0, 0.1) is 19.7 Å². The highest BCUT2D eigenvalue weighted by Gasteiger charge is 2.14. The van der Waals surface area contributed by atoms with Crippen LogP contribution in [0.4, 0.5) is 10.1 Å². The van der Waals surface area contributed by atoms with Crippen molar-refractivity contribution in [3.05, 3.63) is 93.2 Å². The largest absolute Gasteiger partial charge is 0.352 e. The van der Waals surface area contributed by atoms with Crippen LogP contribution in [-0.4, -0.2) is 19.3 Å². The molecule has 1 amide bonds. The molecule has 0 aliphatic carbocycles. The number of carbonyl (C=O) groups is 1. The molecule has 3 aromatic rings. The number of nitrogens with one attached hydrogen (secondary N) is 3. The zero-order valence-corrected chi connectivity index (χ0v) is 17.8. The molecule has 0 unspecified atom stereocenters. The van der Waals surface area contributed by atoms with Crippen molar-refractivity contribution in [2.45, 2.75) is 31.7 Å². The van der Waals surface area contributed by atoms with Crippen molar-refractivity contribution in [3.8, 4) is 0 Å². The van der Waals surface area contributed by atoms with Gasteiger partial charge in [-0.05, 0) is 67.4 Å². The second-order valence-electron chi connectivity index (χ2n) is 7.15. The maximum absolute atomic E-state index is 13.0. The minimum absolute atomic E-state index is 0.0567. The van der Waals surface area contributed by atoms with Gasteiger partial charge in [0.1, 0.15) is 5.82 Å². The Balaban J connectivity index is 1.59. The summed E-state index contributed by atoms with van der Waals surface area (Å²) in [7, 11) is -3.85. The van der Waals surface area contributed by atoms with Gasteiger partial charge in [-0.1, -0.05) is 12.1 Å². The molecule has 31 heavy (non-hydrogen) atoms. The van der Waals surface area contributed by atoms with Gasteiger partial charge in [-0.15, -0.1) is 0 Å². The molecule has 3 rings (SSSR count). The van der Waals surface area contributed by atoms with E-state index in [1.54, 1.807) is 31.2 Å². The molecule has 0 bridgehead atoms. The van der Waals surface area contributed by atoms with Crippen molar-refractivity contribution in [1.82, 2.24) is 10.3 Å². The Kier molecular flexibility index (Phi) is 6.55. The van der Waals surface area contributed by atoms with Gasteiger partial charge < -0.3 is 10.3 Å². The van der Waals surface area contributed by atoms with Crippen molar-refractivity contribution < 1.29 is 17.6 Å². The molecule has 0 aliphatic rings. The van der Waals surface area contributed by atoms with Gasteiger partial charge in [0, 0.05) is 23.5 Å². The van der Waals surface area contributed by atoms with Crippen LogP contribution < -0.4 is 15.6 Å². The fourth-order valence-corrected chi connectivity index (χ4v) is 4.11. The summed E-state index contributed by atoms with van der Waals surface area (Å²) in [4.78, 5) is 26.9. The Morgan fingerprint density at radius 3 is 2.29 bits per heavy atom. The molecule has 3 N–H and O–H groups in total. The van der Waals surface area contributed by atoms with E-state index in [4.69, 9.17) is 0 Å². The van der Waals surface area contributed by atoms with E-state index in [9.17, 15) is 22.4 Å². The fourth-order valence-electron chi connectivity index (χ4n) is 3.05. The lowest BCUT2D eigenvalue weighted by Crippen LogP contribution is -2.29. The van der Waals surface area contributed by atoms with Crippen molar-refractivity contribution >= 4 is 21.6 Å². The molecule has 1 aromatic heterocycles. The zero-order chi connectivity index (χ0) is 22.6. The first-order chi connectivity index (χ1) is 14.6. The second kappa shape index (κ2) is 9.13. The van der Waals surface area contributed by atoms with Crippen molar-refractivity contribution in [3.63, 3.8) is 0 Å². The van der Waals surface area contributed by atoms with E-state index in [0.717, 1.165) is 23.4 Å². The van der Waals surface area contributed by atoms with E-state index in [0.29, 0.717) is 16.8 Å². The molecule has 0 saturated carbocycles. The smallest absolute Gasteiger partial charge is 0.261 e. The minimum Gasteiger partial charge on any atom is -0.352 e. The quantitative estimate of drug-likeness (QED) is 0.522. The van der Waals surface area contributed by atoms with Crippen LogP contribution in [0.15, 0.2) is 64.3 Å². The zero-order valence-electron chi connectivity index (χ0n) is 17.0. The average Bonchev–Trinajstić information content (AvgIpc) is 2.69. The number of halogens is 1. The third-order valence-electron chi connectivity index (χ3n) is 4.65. The van der Waals surface area contributed by atoms with Gasteiger partial charge in [-0.3, -0.25) is 14.3 Å². The number of aromatic amines is 1. The molecule has 0 saturated heterocycles. The first kappa shape index (κ1) is 22.2. The number of H-pyrrole nitrogens is 1. The molecule has 162 valence electrons. The number of benzene rings is 2. The van der Waals surface area contributed by atoms with Crippen molar-refractivity contribution in [1.29, 1.82) is 0 Å². The van der Waals surface area contributed by atoms with E-state index in [-0.39, 0.29) is 29.3 Å². The van der Waals surface area contributed by atoms with Gasteiger partial charge in [0.2, 0.25) is 5.91 Å². The molecule has 7 nitrogen and oxygen atoms in total. The molecular weight excluding hydrogens is 421 g/mol. The summed E-state index contributed by atoms with van der Waals surface area (Å²) >= 11 is 0. The number of sulfonamides is 1. The Labute approximate surface area is 179 Å². The van der Waals surface area contributed by atoms with Crippen LogP contribution >= 0.6 is 0 Å². The summed E-state index contributed by atoms with van der Waals surface area (Å²) in [5, 5.41) is 2.73. The summed E-state index contributed by atoms with van der Waals surface area (Å²) in [6.45, 7) is 3.73. The Hall–Kier alpha value is -3.46. The monoisotopic (exact) mass is 443 g/mol. The van der Waals surface area contributed by atoms with Crippen molar-refractivity contribution in [2.75, 3.05) is 4.72 Å². The predicted molar refractivity (Wildman–Crippen MR) is 116 cm³/mol. The molecule has 0 atom stereocenters. The number of pyridine rings is 1. The van der Waals surface area contributed by atoms with Crippen LogP contribution in [0.1, 0.15) is 22.4 Å². The van der Waals surface area contributed by atoms with E-state index in [2.05, 4.69) is 15.0 Å². The fraction of sp³-hybridized carbons (Fsp3) is 0.182. The SMILES string of the molecule is Cc1cc(C)c(CNC(=O)Cc2ccc(NS(=O)(=O)c3ccc(F)cc3)cc2)c(=O)[nH]1. The van der Waals surface area contributed by atoms with E-state index < -0.39 is 15.8 Å². The number of amides is 1. The summed E-state index contributed by atoms with van der Waals surface area (Å²) in [5.74, 6) is -0.789. The van der Waals surface area contributed by atoms with Gasteiger partial charge in [0.25, 0.3) is 15.6 Å². The first-order valence-corrected chi connectivity index (χ1v) is 11.0. The van der Waals surface area contributed by atoms with Crippen molar-refractivity contribution in [2.24, 2.45) is 0 Å². The summed E-state index contributed by atoms with van der Waals surface area (Å²) in [6, 6.07) is 12.7. The van der Waals surface area contributed by atoms with Crippen LogP contribution in [0.2, 0.25) is 0 Å². The second-order valence-corrected chi connectivity index (χ2v) is 8.84. The Bertz CT molecular complexity index is 1250. The van der Waals surface area contributed by atoms with Crippen LogP contribution in [0.3, 0.4) is 0 Å². The number of rotatable bonds is 7. The third-order valence-corrected chi connectivity index (χ3v) is 6.05. The van der Waals surface area contributed by atoms with Gasteiger partial charge in [0.15, 0.2) is 0 Å². The molecule has 0 radical (unpaired) electrons. The molecule has 0 fully saturated rings. The van der Waals surface area contributed by atoms with Gasteiger partial charge >= 0.3 is 0 Å². The lowest BCUT2D eigenvalue weighted by Gasteiger charge is -2.10. The molecule has 0 aliphatic heterocycles. The lowest BCUT2D eigenvalue weighted by molar-refractivity contribution is -0.120. The Morgan fingerprint density at radius 1 is 1.03 bits per heavy atom. The maximum atomic E-state index is 13.0. The summed E-state index contributed by atoms with van der Waals surface area (Å²) in [5.41, 5.74) is 2.83. The van der Waals surface area contributed by atoms with E-state index >= 15 is 0 Å². The number of anilines is 1. The van der Waals surface area contributed by atoms with E-state index in [1.165, 1.54) is 12.1 Å². The molecular formula is C22H22FN3O4S. The number of hydrogen-bond donors (Lipinski definition) is 3. The number of aromatic nitrogens is 1.